The van der Waals surface area contributed by atoms with Gasteiger partial charge >= 0.3 is 0 Å². The molecule has 0 fully saturated rings. The Morgan fingerprint density at radius 1 is 1.27 bits per heavy atom. The van der Waals surface area contributed by atoms with Crippen LogP contribution in [0.5, 0.6) is 0 Å². The third-order valence-corrected chi connectivity index (χ3v) is 2.73. The molecule has 1 aliphatic rings. The Bertz CT molecular complexity index is 462. The zero-order valence-corrected chi connectivity index (χ0v) is 8.39. The number of ether oxygens (including phenoxy) is 1. The van der Waals surface area contributed by atoms with E-state index in [1.54, 1.807) is 6.20 Å². The number of fused-ring (bicyclic) bond motifs is 1. The lowest BCUT2D eigenvalue weighted by Crippen LogP contribution is -2.10. The second-order valence-electron chi connectivity index (χ2n) is 3.71. The molecular weight excluding hydrogens is 188 g/mol. The van der Waals surface area contributed by atoms with Crippen LogP contribution in [0.3, 0.4) is 0 Å². The number of rotatable bonds is 1. The predicted octanol–water partition coefficient (Wildman–Crippen LogP) is 1.95. The van der Waals surface area contributed by atoms with Crippen LogP contribution in [0.2, 0.25) is 0 Å². The minimum absolute atomic E-state index is 0.745. The molecule has 3 nitrogen and oxygen atoms in total. The molecule has 3 heteroatoms. The van der Waals surface area contributed by atoms with Crippen molar-refractivity contribution in [1.82, 2.24) is 9.78 Å². The minimum atomic E-state index is 0.745. The Kier molecular flexibility index (Phi) is 2.03. The standard InChI is InChI=1S/C12H12N2O/c1-5-13-14(6-1)12-3-2-11-9-15-7-4-10(11)8-12/h1-3,5-6,8H,4,7,9H2. The Balaban J connectivity index is 2.04. The third kappa shape index (κ3) is 1.55. The minimum Gasteiger partial charge on any atom is -0.376 e. The quantitative estimate of drug-likeness (QED) is 0.703. The molecule has 0 radical (unpaired) electrons. The molecule has 0 N–H and O–H groups in total. The summed E-state index contributed by atoms with van der Waals surface area (Å²) in [6.07, 6.45) is 4.76. The summed E-state index contributed by atoms with van der Waals surface area (Å²) in [5.74, 6) is 0. The molecule has 0 bridgehead atoms. The lowest BCUT2D eigenvalue weighted by molar-refractivity contribution is 0.111. The molecule has 0 amide bonds. The molecular formula is C12H12N2O. The average molecular weight is 200 g/mol. The van der Waals surface area contributed by atoms with Crippen LogP contribution in [0.4, 0.5) is 0 Å². The van der Waals surface area contributed by atoms with Crippen molar-refractivity contribution in [2.75, 3.05) is 6.61 Å². The van der Waals surface area contributed by atoms with Crippen LogP contribution >= 0.6 is 0 Å². The van der Waals surface area contributed by atoms with Crippen molar-refractivity contribution in [1.29, 1.82) is 0 Å². The fourth-order valence-corrected chi connectivity index (χ4v) is 1.91. The molecule has 3 rings (SSSR count). The number of aromatic nitrogens is 2. The van der Waals surface area contributed by atoms with E-state index in [1.807, 2.05) is 16.9 Å². The molecule has 0 atom stereocenters. The highest BCUT2D eigenvalue weighted by Crippen LogP contribution is 2.19. The summed E-state index contributed by atoms with van der Waals surface area (Å²) in [7, 11) is 0. The second-order valence-corrected chi connectivity index (χ2v) is 3.71. The van der Waals surface area contributed by atoms with E-state index in [9.17, 15) is 0 Å². The van der Waals surface area contributed by atoms with E-state index in [2.05, 4.69) is 23.3 Å². The van der Waals surface area contributed by atoms with Crippen molar-refractivity contribution >= 4 is 0 Å². The van der Waals surface area contributed by atoms with Crippen LogP contribution in [0.1, 0.15) is 11.1 Å². The monoisotopic (exact) mass is 200 g/mol. The zero-order valence-electron chi connectivity index (χ0n) is 8.39. The van der Waals surface area contributed by atoms with E-state index < -0.39 is 0 Å². The fraction of sp³-hybridized carbons (Fsp3) is 0.250. The van der Waals surface area contributed by atoms with Gasteiger partial charge in [0.25, 0.3) is 0 Å². The maximum Gasteiger partial charge on any atom is 0.0719 e. The van der Waals surface area contributed by atoms with E-state index in [4.69, 9.17) is 4.74 Å². The zero-order chi connectivity index (χ0) is 10.1. The first-order valence-electron chi connectivity index (χ1n) is 5.13. The topological polar surface area (TPSA) is 27.1 Å². The van der Waals surface area contributed by atoms with Gasteiger partial charge in [-0.1, -0.05) is 6.07 Å². The van der Waals surface area contributed by atoms with Crippen molar-refractivity contribution in [2.45, 2.75) is 13.0 Å². The molecule has 0 spiro atoms. The molecule has 1 aromatic heterocycles. The summed E-state index contributed by atoms with van der Waals surface area (Å²) in [4.78, 5) is 0. The molecule has 1 aliphatic heterocycles. The van der Waals surface area contributed by atoms with Gasteiger partial charge in [0, 0.05) is 12.4 Å². The van der Waals surface area contributed by atoms with Crippen LogP contribution in [0.25, 0.3) is 5.69 Å². The highest BCUT2D eigenvalue weighted by atomic mass is 16.5. The molecule has 0 aliphatic carbocycles. The number of hydrogen-bond acceptors (Lipinski definition) is 2. The molecule has 1 aromatic carbocycles. The lowest BCUT2D eigenvalue weighted by atomic mass is 10.0. The summed E-state index contributed by atoms with van der Waals surface area (Å²) in [5.41, 5.74) is 3.81. The third-order valence-electron chi connectivity index (χ3n) is 2.73. The predicted molar refractivity (Wildman–Crippen MR) is 56.9 cm³/mol. The molecule has 15 heavy (non-hydrogen) atoms. The van der Waals surface area contributed by atoms with E-state index in [0.29, 0.717) is 0 Å². The maximum absolute atomic E-state index is 5.40. The van der Waals surface area contributed by atoms with Crippen molar-refractivity contribution in [2.24, 2.45) is 0 Å². The molecule has 0 saturated heterocycles. The first-order chi connectivity index (χ1) is 7.43. The first kappa shape index (κ1) is 8.68. The van der Waals surface area contributed by atoms with Gasteiger partial charge in [-0.25, -0.2) is 4.68 Å². The Morgan fingerprint density at radius 3 is 3.13 bits per heavy atom. The molecule has 0 unspecified atom stereocenters. The van der Waals surface area contributed by atoms with Crippen molar-refractivity contribution in [3.63, 3.8) is 0 Å². The van der Waals surface area contributed by atoms with Crippen molar-refractivity contribution in [3.8, 4) is 5.69 Å². The highest BCUT2D eigenvalue weighted by molar-refractivity contribution is 5.40. The van der Waals surface area contributed by atoms with Gasteiger partial charge in [-0.3, -0.25) is 0 Å². The van der Waals surface area contributed by atoms with Crippen LogP contribution in [-0.2, 0) is 17.8 Å². The van der Waals surface area contributed by atoms with Gasteiger partial charge in [0.15, 0.2) is 0 Å². The van der Waals surface area contributed by atoms with Crippen molar-refractivity contribution in [3.05, 3.63) is 47.8 Å². The summed E-state index contributed by atoms with van der Waals surface area (Å²) in [5, 5.41) is 4.22. The molecule has 76 valence electrons. The van der Waals surface area contributed by atoms with Crippen LogP contribution in [-0.4, -0.2) is 16.4 Å². The Hall–Kier alpha value is -1.61. The number of hydrogen-bond donors (Lipinski definition) is 0. The lowest BCUT2D eigenvalue weighted by Gasteiger charge is -2.17. The van der Waals surface area contributed by atoms with Gasteiger partial charge < -0.3 is 4.74 Å². The smallest absolute Gasteiger partial charge is 0.0719 e. The Labute approximate surface area is 88.3 Å². The number of nitrogens with zero attached hydrogens (tertiary/aromatic N) is 2. The molecule has 2 aromatic rings. The van der Waals surface area contributed by atoms with E-state index in [1.165, 1.54) is 11.1 Å². The summed E-state index contributed by atoms with van der Waals surface area (Å²) in [6, 6.07) is 8.35. The summed E-state index contributed by atoms with van der Waals surface area (Å²) >= 11 is 0. The SMILES string of the molecule is c1cnn(-c2ccc3c(c2)CCOC3)c1. The van der Waals surface area contributed by atoms with Gasteiger partial charge in [0.2, 0.25) is 0 Å². The van der Waals surface area contributed by atoms with Gasteiger partial charge in [-0.05, 0) is 35.7 Å². The van der Waals surface area contributed by atoms with Crippen LogP contribution in [0, 0.1) is 0 Å². The average Bonchev–Trinajstić information content (AvgIpc) is 2.82. The molecule has 2 heterocycles. The van der Waals surface area contributed by atoms with E-state index in [-0.39, 0.29) is 0 Å². The summed E-state index contributed by atoms with van der Waals surface area (Å²) < 4.78 is 7.29. The van der Waals surface area contributed by atoms with Gasteiger partial charge in [0.05, 0.1) is 18.9 Å². The number of benzene rings is 1. The second kappa shape index (κ2) is 3.51. The van der Waals surface area contributed by atoms with Crippen LogP contribution < -0.4 is 0 Å². The fourth-order valence-electron chi connectivity index (χ4n) is 1.91. The van der Waals surface area contributed by atoms with Crippen LogP contribution in [0.15, 0.2) is 36.7 Å². The van der Waals surface area contributed by atoms with Gasteiger partial charge in [-0.15, -0.1) is 0 Å². The molecule has 0 saturated carbocycles. The first-order valence-corrected chi connectivity index (χ1v) is 5.13. The largest absolute Gasteiger partial charge is 0.376 e. The summed E-state index contributed by atoms with van der Waals surface area (Å²) in [6.45, 7) is 1.57. The van der Waals surface area contributed by atoms with Gasteiger partial charge in [-0.2, -0.15) is 5.10 Å². The van der Waals surface area contributed by atoms with E-state index in [0.717, 1.165) is 25.3 Å². The van der Waals surface area contributed by atoms with Gasteiger partial charge in [0.1, 0.15) is 0 Å². The normalized spacial score (nSPS) is 14.9. The Morgan fingerprint density at radius 2 is 2.27 bits per heavy atom. The van der Waals surface area contributed by atoms with Crippen molar-refractivity contribution < 1.29 is 4.74 Å². The maximum atomic E-state index is 5.40. The highest BCUT2D eigenvalue weighted by Gasteiger charge is 2.10. The van der Waals surface area contributed by atoms with E-state index >= 15 is 0 Å².